The lowest BCUT2D eigenvalue weighted by atomic mass is 9.93. The summed E-state index contributed by atoms with van der Waals surface area (Å²) >= 11 is 0. The Labute approximate surface area is 208 Å². The number of aromatic nitrogens is 2. The molecule has 182 valence electrons. The van der Waals surface area contributed by atoms with Crippen LogP contribution in [0, 0.1) is 32.1 Å². The molecule has 2 aromatic carbocycles. The van der Waals surface area contributed by atoms with Crippen LogP contribution in [-0.2, 0) is 11.2 Å². The Bertz CT molecular complexity index is 1210. The quantitative estimate of drug-likeness (QED) is 0.479. The van der Waals surface area contributed by atoms with E-state index in [2.05, 4.69) is 60.8 Å². The highest BCUT2D eigenvalue weighted by molar-refractivity contribution is 5.96. The molecule has 0 aliphatic carbocycles. The first-order valence-electron chi connectivity index (χ1n) is 12.5. The van der Waals surface area contributed by atoms with Gasteiger partial charge in [0, 0.05) is 24.5 Å². The number of hydrogen-bond acceptors (Lipinski definition) is 4. The summed E-state index contributed by atoms with van der Waals surface area (Å²) in [7, 11) is 0. The van der Waals surface area contributed by atoms with Gasteiger partial charge < -0.3 is 9.88 Å². The van der Waals surface area contributed by atoms with E-state index < -0.39 is 0 Å². The zero-order valence-electron chi connectivity index (χ0n) is 21.2. The van der Waals surface area contributed by atoms with Gasteiger partial charge in [-0.05, 0) is 74.1 Å². The van der Waals surface area contributed by atoms with Crippen LogP contribution in [0.2, 0.25) is 0 Å². The number of aryl methyl sites for hydroxylation is 2. The number of hydrogen-bond donors (Lipinski definition) is 1. The second kappa shape index (κ2) is 10.9. The first-order chi connectivity index (χ1) is 16.9. The predicted octanol–water partition coefficient (Wildman–Crippen LogP) is 5.40. The van der Waals surface area contributed by atoms with Gasteiger partial charge in [-0.25, -0.2) is 4.98 Å². The van der Waals surface area contributed by atoms with Gasteiger partial charge in [0.15, 0.2) is 0 Å². The minimum atomic E-state index is -0.0308. The number of amides is 1. The molecule has 1 aliphatic rings. The van der Waals surface area contributed by atoms with Crippen molar-refractivity contribution in [1.29, 1.82) is 5.26 Å². The molecule has 3 aromatic rings. The van der Waals surface area contributed by atoms with Gasteiger partial charge in [0.2, 0.25) is 5.91 Å². The van der Waals surface area contributed by atoms with Crippen LogP contribution >= 0.6 is 0 Å². The molecule has 0 saturated carbocycles. The molecule has 1 aliphatic heterocycles. The van der Waals surface area contributed by atoms with Crippen LogP contribution in [-0.4, -0.2) is 39.9 Å². The number of unbranched alkanes of at least 4 members (excludes halogenated alkanes) is 1. The number of anilines is 1. The molecule has 1 unspecified atom stereocenters. The summed E-state index contributed by atoms with van der Waals surface area (Å²) in [5, 5.41) is 9.45. The minimum Gasteiger partial charge on any atom is -0.347 e. The lowest BCUT2D eigenvalue weighted by Gasteiger charge is -2.45. The van der Waals surface area contributed by atoms with Gasteiger partial charge in [-0.3, -0.25) is 9.69 Å². The Morgan fingerprint density at radius 2 is 2.03 bits per heavy atom. The van der Waals surface area contributed by atoms with Gasteiger partial charge in [-0.1, -0.05) is 38.0 Å². The number of carbonyl (C=O) groups is 1. The number of rotatable bonds is 8. The molecule has 4 rings (SSSR count). The Balaban J connectivity index is 1.70. The number of nitriles is 1. The molecule has 2 heterocycles. The van der Waals surface area contributed by atoms with Crippen LogP contribution in [0.25, 0.3) is 0 Å². The molecule has 1 saturated heterocycles. The number of nitrogens with zero attached hydrogens (tertiary/aromatic N) is 4. The first-order valence-corrected chi connectivity index (χ1v) is 12.5. The van der Waals surface area contributed by atoms with E-state index in [-0.39, 0.29) is 18.0 Å². The molecule has 1 amide bonds. The lowest BCUT2D eigenvalue weighted by molar-refractivity contribution is -0.123. The summed E-state index contributed by atoms with van der Waals surface area (Å²) in [6.45, 7) is 9.51. The molecular weight excluding hydrogens is 434 g/mol. The van der Waals surface area contributed by atoms with E-state index in [9.17, 15) is 10.1 Å². The maximum absolute atomic E-state index is 13.6. The van der Waals surface area contributed by atoms with Crippen molar-refractivity contribution in [2.45, 2.75) is 65.5 Å². The fraction of sp³-hybridized carbons (Fsp3) is 0.414. The summed E-state index contributed by atoms with van der Waals surface area (Å²) in [6, 6.07) is 14.5. The molecule has 1 fully saturated rings. The summed E-state index contributed by atoms with van der Waals surface area (Å²) in [5.74, 6) is 0.124. The molecule has 0 spiro atoms. The number of imidazole rings is 1. The summed E-state index contributed by atoms with van der Waals surface area (Å²) in [4.78, 5) is 25.6. The van der Waals surface area contributed by atoms with Crippen molar-refractivity contribution in [2.24, 2.45) is 0 Å². The van der Waals surface area contributed by atoms with Crippen LogP contribution in [0.1, 0.15) is 65.7 Å². The van der Waals surface area contributed by atoms with E-state index in [4.69, 9.17) is 0 Å². The third-order valence-electron chi connectivity index (χ3n) is 7.41. The van der Waals surface area contributed by atoms with Crippen molar-refractivity contribution in [3.63, 3.8) is 0 Å². The Kier molecular flexibility index (Phi) is 7.67. The molecule has 6 nitrogen and oxygen atoms in total. The van der Waals surface area contributed by atoms with Crippen LogP contribution in [0.3, 0.4) is 0 Å². The first kappa shape index (κ1) is 24.7. The summed E-state index contributed by atoms with van der Waals surface area (Å²) in [5.41, 5.74) is 7.32. The van der Waals surface area contributed by atoms with Gasteiger partial charge in [0.1, 0.15) is 0 Å². The highest BCUT2D eigenvalue weighted by Gasteiger charge is 2.38. The topological polar surface area (TPSA) is 76.0 Å². The SMILES string of the molecule is CCCC[C@H]1CN(c2cccc(C)c2C)C(=O)CN1C(Cc1cc(C#N)ccc1C)c1cnc[nH]1. The number of nitrogens with one attached hydrogen (secondary N) is 1. The van der Waals surface area contributed by atoms with Gasteiger partial charge in [0.25, 0.3) is 0 Å². The average Bonchev–Trinajstić information content (AvgIpc) is 3.39. The molecule has 0 radical (unpaired) electrons. The van der Waals surface area contributed by atoms with Crippen LogP contribution in [0.4, 0.5) is 5.69 Å². The zero-order valence-corrected chi connectivity index (χ0v) is 21.2. The van der Waals surface area contributed by atoms with Crippen LogP contribution < -0.4 is 4.90 Å². The van der Waals surface area contributed by atoms with E-state index >= 15 is 0 Å². The summed E-state index contributed by atoms with van der Waals surface area (Å²) in [6.07, 6.45) is 7.52. The molecule has 6 heteroatoms. The van der Waals surface area contributed by atoms with Crippen molar-refractivity contribution in [2.75, 3.05) is 18.0 Å². The van der Waals surface area contributed by atoms with E-state index in [1.54, 1.807) is 6.33 Å². The highest BCUT2D eigenvalue weighted by atomic mass is 16.2. The van der Waals surface area contributed by atoms with Crippen molar-refractivity contribution >= 4 is 11.6 Å². The minimum absolute atomic E-state index is 0.0308. The number of piperazine rings is 1. The highest BCUT2D eigenvalue weighted by Crippen LogP contribution is 2.34. The van der Waals surface area contributed by atoms with E-state index in [0.29, 0.717) is 25.1 Å². The van der Waals surface area contributed by atoms with Crippen molar-refractivity contribution in [1.82, 2.24) is 14.9 Å². The fourth-order valence-corrected chi connectivity index (χ4v) is 5.13. The number of aromatic amines is 1. The third-order valence-corrected chi connectivity index (χ3v) is 7.41. The van der Waals surface area contributed by atoms with Gasteiger partial charge in [0.05, 0.1) is 36.2 Å². The summed E-state index contributed by atoms with van der Waals surface area (Å²) < 4.78 is 0. The van der Waals surface area contributed by atoms with Crippen molar-refractivity contribution in [3.8, 4) is 6.07 Å². The largest absolute Gasteiger partial charge is 0.347 e. The average molecular weight is 470 g/mol. The Morgan fingerprint density at radius 3 is 2.74 bits per heavy atom. The predicted molar refractivity (Wildman–Crippen MR) is 139 cm³/mol. The number of carbonyl (C=O) groups excluding carboxylic acids is 1. The lowest BCUT2D eigenvalue weighted by Crippen LogP contribution is -2.57. The molecule has 0 bridgehead atoms. The van der Waals surface area contributed by atoms with Crippen molar-refractivity contribution < 1.29 is 4.79 Å². The zero-order chi connectivity index (χ0) is 24.9. The Hall–Kier alpha value is -3.43. The number of benzene rings is 2. The van der Waals surface area contributed by atoms with E-state index in [1.165, 1.54) is 5.56 Å². The van der Waals surface area contributed by atoms with E-state index in [0.717, 1.165) is 47.3 Å². The smallest absolute Gasteiger partial charge is 0.241 e. The van der Waals surface area contributed by atoms with Crippen molar-refractivity contribution in [3.05, 3.63) is 82.4 Å². The van der Waals surface area contributed by atoms with Gasteiger partial charge in [-0.15, -0.1) is 0 Å². The molecule has 1 N–H and O–H groups in total. The normalized spacial score (nSPS) is 17.4. The fourth-order valence-electron chi connectivity index (χ4n) is 5.13. The molecule has 1 aromatic heterocycles. The van der Waals surface area contributed by atoms with Gasteiger partial charge >= 0.3 is 0 Å². The Morgan fingerprint density at radius 1 is 1.20 bits per heavy atom. The molecular formula is C29H35N5O. The van der Waals surface area contributed by atoms with E-state index in [1.807, 2.05) is 35.4 Å². The molecule has 35 heavy (non-hydrogen) atoms. The maximum Gasteiger partial charge on any atom is 0.241 e. The van der Waals surface area contributed by atoms with Gasteiger partial charge in [-0.2, -0.15) is 5.26 Å². The van der Waals surface area contributed by atoms with Crippen LogP contribution in [0.5, 0.6) is 0 Å². The molecule has 2 atom stereocenters. The number of H-pyrrole nitrogens is 1. The maximum atomic E-state index is 13.6. The standard InChI is InChI=1S/C29H35N5O/c1-5-6-9-25-17-34(27-10-7-8-20(2)22(27)4)29(35)18-33(25)28(26-16-31-19-32-26)14-24-13-23(15-30)12-11-21(24)3/h7-8,10-13,16,19,25,28H,5-6,9,14,17-18H2,1-4H3,(H,31,32)/t25-,28?/m0/s1. The monoisotopic (exact) mass is 469 g/mol. The second-order valence-electron chi connectivity index (χ2n) is 9.67. The third kappa shape index (κ3) is 5.31. The van der Waals surface area contributed by atoms with Crippen LogP contribution in [0.15, 0.2) is 48.9 Å². The second-order valence-corrected chi connectivity index (χ2v) is 9.67.